The Morgan fingerprint density at radius 3 is 2.64 bits per heavy atom. The van der Waals surface area contributed by atoms with Gasteiger partial charge in [0, 0.05) is 34.4 Å². The third-order valence-corrected chi connectivity index (χ3v) is 10.0. The molecule has 0 spiro atoms. The predicted octanol–water partition coefficient (Wildman–Crippen LogP) is 9.22. The van der Waals surface area contributed by atoms with Crippen molar-refractivity contribution in [2.24, 2.45) is 10.9 Å². The van der Waals surface area contributed by atoms with Crippen molar-refractivity contribution in [3.05, 3.63) is 120 Å². The molecule has 1 saturated carbocycles. The van der Waals surface area contributed by atoms with Crippen molar-refractivity contribution in [1.82, 2.24) is 0 Å². The number of allylic oxidation sites excluding steroid dienone is 1. The summed E-state index contributed by atoms with van der Waals surface area (Å²) in [6.45, 7) is 8.80. The molecular formula is C39H37N2O+. The summed E-state index contributed by atoms with van der Waals surface area (Å²) in [4.78, 5) is 5.29. The summed E-state index contributed by atoms with van der Waals surface area (Å²) in [6, 6.07) is 26.7. The first-order valence-electron chi connectivity index (χ1n) is 15.6. The molecule has 0 N–H and O–H groups in total. The Morgan fingerprint density at radius 1 is 0.929 bits per heavy atom. The summed E-state index contributed by atoms with van der Waals surface area (Å²) < 4.78 is 9.03. The Morgan fingerprint density at radius 2 is 1.76 bits per heavy atom. The molecule has 0 radical (unpaired) electrons. The van der Waals surface area contributed by atoms with E-state index in [1.807, 2.05) is 6.08 Å². The van der Waals surface area contributed by atoms with Gasteiger partial charge in [-0.2, -0.15) is 4.57 Å². The average Bonchev–Trinajstić information content (AvgIpc) is 3.67. The van der Waals surface area contributed by atoms with Crippen molar-refractivity contribution in [2.45, 2.75) is 63.3 Å². The van der Waals surface area contributed by atoms with Crippen LogP contribution in [0.5, 0.6) is 0 Å². The molecule has 0 bridgehead atoms. The largest absolute Gasteiger partial charge is 0.455 e. The number of hydrogen-bond acceptors (Lipinski definition) is 2. The SMILES string of the molecule is C=CC1=NC2CC(=C)[n+]3ccc(CC4CCCC4)cc3-c3c(ccc4c3oc3ccccc34)CCC2c2ccccc21. The van der Waals surface area contributed by atoms with Crippen LogP contribution in [0.3, 0.4) is 0 Å². The highest BCUT2D eigenvalue weighted by molar-refractivity contribution is 6.11. The number of rotatable bonds is 3. The van der Waals surface area contributed by atoms with E-state index in [1.165, 1.54) is 70.0 Å². The first kappa shape index (κ1) is 25.5. The fourth-order valence-electron chi connectivity index (χ4n) is 7.95. The molecular weight excluding hydrogens is 512 g/mol. The molecule has 2 aromatic heterocycles. The van der Waals surface area contributed by atoms with E-state index in [1.54, 1.807) is 0 Å². The molecule has 4 heterocycles. The zero-order chi connectivity index (χ0) is 28.2. The van der Waals surface area contributed by atoms with Gasteiger partial charge in [-0.15, -0.1) is 0 Å². The number of benzene rings is 3. The highest BCUT2D eigenvalue weighted by Crippen LogP contribution is 2.42. The zero-order valence-corrected chi connectivity index (χ0v) is 24.2. The number of aryl methyl sites for hydroxylation is 1. The number of hydrogen-bond donors (Lipinski definition) is 0. The first-order valence-corrected chi connectivity index (χ1v) is 15.6. The molecule has 3 heteroatoms. The Labute approximate surface area is 247 Å². The second-order valence-corrected chi connectivity index (χ2v) is 12.5. The van der Waals surface area contributed by atoms with E-state index in [0.717, 1.165) is 54.2 Å². The molecule has 208 valence electrons. The lowest BCUT2D eigenvalue weighted by Gasteiger charge is -2.32. The Hall–Kier alpha value is -4.24. The molecule has 3 nitrogen and oxygen atoms in total. The van der Waals surface area contributed by atoms with Crippen LogP contribution in [0, 0.1) is 5.92 Å². The van der Waals surface area contributed by atoms with Crippen molar-refractivity contribution < 1.29 is 8.98 Å². The van der Waals surface area contributed by atoms with Gasteiger partial charge in [0.1, 0.15) is 11.2 Å². The van der Waals surface area contributed by atoms with Crippen molar-refractivity contribution in [1.29, 1.82) is 0 Å². The van der Waals surface area contributed by atoms with Gasteiger partial charge in [-0.3, -0.25) is 4.99 Å². The van der Waals surface area contributed by atoms with E-state index in [9.17, 15) is 0 Å². The number of nitrogens with zero attached hydrogens (tertiary/aromatic N) is 2. The van der Waals surface area contributed by atoms with Crippen LogP contribution in [0.2, 0.25) is 0 Å². The topological polar surface area (TPSA) is 29.4 Å². The third kappa shape index (κ3) is 4.17. The van der Waals surface area contributed by atoms with E-state index in [-0.39, 0.29) is 6.04 Å². The zero-order valence-electron chi connectivity index (χ0n) is 24.2. The van der Waals surface area contributed by atoms with E-state index >= 15 is 0 Å². The van der Waals surface area contributed by atoms with E-state index in [0.29, 0.717) is 5.92 Å². The number of aliphatic imine (C=N–C) groups is 1. The minimum atomic E-state index is 0.121. The first-order chi connectivity index (χ1) is 20.7. The highest BCUT2D eigenvalue weighted by atomic mass is 16.3. The van der Waals surface area contributed by atoms with Crippen LogP contribution >= 0.6 is 0 Å². The third-order valence-electron chi connectivity index (χ3n) is 10.0. The van der Waals surface area contributed by atoms with Crippen LogP contribution < -0.4 is 4.57 Å². The average molecular weight is 550 g/mol. The van der Waals surface area contributed by atoms with Crippen LogP contribution in [0.25, 0.3) is 38.9 Å². The van der Waals surface area contributed by atoms with Gasteiger partial charge in [0.2, 0.25) is 5.69 Å². The molecule has 2 unspecified atom stereocenters. The fraction of sp³-hybridized carbons (Fsp3) is 0.282. The standard InChI is InChI=1S/C39H37N2O/c1-3-34-30-13-7-6-12-29(30)31-18-16-28-17-19-33-32-14-8-9-15-37(32)42-39(33)38(28)36-24-27(23-26-10-4-5-11-26)20-21-41(36)25(2)22-35(31)40-34/h3,6-9,12-15,17,19-21,24,26,31,35H,1-2,4-5,10-11,16,18,22-23H2/q+1. The van der Waals surface area contributed by atoms with Crippen molar-refractivity contribution in [2.75, 3.05) is 0 Å². The summed E-state index contributed by atoms with van der Waals surface area (Å²) in [7, 11) is 0. The molecule has 1 aliphatic carbocycles. The van der Waals surface area contributed by atoms with Gasteiger partial charge in [0.05, 0.1) is 23.7 Å². The van der Waals surface area contributed by atoms with Gasteiger partial charge in [-0.1, -0.05) is 86.9 Å². The summed E-state index contributed by atoms with van der Waals surface area (Å²) in [5.41, 5.74) is 11.7. The Balaban J connectivity index is 1.34. The van der Waals surface area contributed by atoms with Crippen LogP contribution in [-0.2, 0) is 12.8 Å². The van der Waals surface area contributed by atoms with E-state index in [4.69, 9.17) is 16.0 Å². The highest BCUT2D eigenvalue weighted by Gasteiger charge is 2.35. The monoisotopic (exact) mass is 549 g/mol. The molecule has 3 aliphatic rings. The molecule has 0 saturated heterocycles. The maximum atomic E-state index is 6.70. The van der Waals surface area contributed by atoms with Crippen molar-refractivity contribution in [3.63, 3.8) is 0 Å². The molecule has 2 atom stereocenters. The molecule has 2 aliphatic heterocycles. The smallest absolute Gasteiger partial charge is 0.222 e. The van der Waals surface area contributed by atoms with Crippen LogP contribution in [0.15, 0.2) is 108 Å². The Bertz CT molecular complexity index is 1900. The lowest BCUT2D eigenvalue weighted by atomic mass is 9.78. The lowest BCUT2D eigenvalue weighted by Crippen LogP contribution is -2.38. The number of pyridine rings is 1. The molecule has 8 rings (SSSR count). The fourth-order valence-corrected chi connectivity index (χ4v) is 7.95. The number of fused-ring (bicyclic) bond motifs is 10. The van der Waals surface area contributed by atoms with E-state index in [2.05, 4.69) is 90.1 Å². The van der Waals surface area contributed by atoms with Crippen molar-refractivity contribution in [3.8, 4) is 11.3 Å². The minimum Gasteiger partial charge on any atom is -0.455 e. The maximum absolute atomic E-state index is 6.70. The van der Waals surface area contributed by atoms with Gasteiger partial charge in [-0.25, -0.2) is 0 Å². The molecule has 5 aromatic rings. The number of furan rings is 1. The van der Waals surface area contributed by atoms with Crippen LogP contribution in [0.1, 0.15) is 66.7 Å². The minimum absolute atomic E-state index is 0.121. The summed E-state index contributed by atoms with van der Waals surface area (Å²) >= 11 is 0. The normalized spacial score (nSPS) is 20.5. The second kappa shape index (κ2) is 10.2. The summed E-state index contributed by atoms with van der Waals surface area (Å²) in [6.07, 6.45) is 13.5. The maximum Gasteiger partial charge on any atom is 0.222 e. The molecule has 1 fully saturated rings. The van der Waals surface area contributed by atoms with Gasteiger partial charge in [0.25, 0.3) is 0 Å². The van der Waals surface area contributed by atoms with Crippen molar-refractivity contribution >= 4 is 33.3 Å². The van der Waals surface area contributed by atoms with Gasteiger partial charge in [-0.05, 0) is 60.6 Å². The second-order valence-electron chi connectivity index (χ2n) is 12.5. The Kier molecular flexibility index (Phi) is 6.21. The van der Waals surface area contributed by atoms with Crippen LogP contribution in [-0.4, -0.2) is 11.8 Å². The van der Waals surface area contributed by atoms with Gasteiger partial charge >= 0.3 is 0 Å². The number of aromatic nitrogens is 1. The van der Waals surface area contributed by atoms with E-state index < -0.39 is 0 Å². The van der Waals surface area contributed by atoms with Gasteiger partial charge in [0.15, 0.2) is 11.9 Å². The van der Waals surface area contributed by atoms with Gasteiger partial charge < -0.3 is 4.42 Å². The molecule has 42 heavy (non-hydrogen) atoms. The summed E-state index contributed by atoms with van der Waals surface area (Å²) in [5.74, 6) is 1.09. The quantitative estimate of drug-likeness (QED) is 0.206. The lowest BCUT2D eigenvalue weighted by molar-refractivity contribution is -0.571. The number of para-hydroxylation sites is 1. The van der Waals surface area contributed by atoms with Crippen LogP contribution in [0.4, 0.5) is 0 Å². The molecule has 3 aromatic carbocycles. The predicted molar refractivity (Wildman–Crippen MR) is 173 cm³/mol. The molecule has 0 amide bonds. The summed E-state index contributed by atoms with van der Waals surface area (Å²) in [5, 5.41) is 2.35.